The van der Waals surface area contributed by atoms with Gasteiger partial charge in [0.05, 0.1) is 29.3 Å². The first-order chi connectivity index (χ1) is 14.0. The average molecular weight is 414 g/mol. The number of hydrogen-bond acceptors (Lipinski definition) is 5. The van der Waals surface area contributed by atoms with Crippen LogP contribution >= 0.6 is 11.6 Å². The molecule has 1 aromatic heterocycles. The molecule has 0 atom stereocenters. The Balaban J connectivity index is 1.48. The normalized spacial score (nSPS) is 13.2. The summed E-state index contributed by atoms with van der Waals surface area (Å²) < 4.78 is 12.5. The molecule has 0 fully saturated rings. The van der Waals surface area contributed by atoms with E-state index >= 15 is 0 Å². The van der Waals surface area contributed by atoms with Crippen LogP contribution in [-0.2, 0) is 17.9 Å². The zero-order chi connectivity index (χ0) is 20.4. The molecule has 2 aromatic carbocycles. The molecule has 7 nitrogen and oxygen atoms in total. The summed E-state index contributed by atoms with van der Waals surface area (Å²) in [4.78, 5) is 25.0. The van der Waals surface area contributed by atoms with Gasteiger partial charge in [-0.2, -0.15) is 5.10 Å². The lowest BCUT2D eigenvalue weighted by molar-refractivity contribution is -0.122. The molecule has 0 unspecified atom stereocenters. The predicted molar refractivity (Wildman–Crippen MR) is 110 cm³/mol. The van der Waals surface area contributed by atoms with Gasteiger partial charge >= 0.3 is 0 Å². The Morgan fingerprint density at radius 1 is 1.21 bits per heavy atom. The van der Waals surface area contributed by atoms with Crippen LogP contribution in [0.15, 0.2) is 41.2 Å². The summed E-state index contributed by atoms with van der Waals surface area (Å²) in [5.74, 6) is 0.779. The molecule has 2 heterocycles. The smallest absolute Gasteiger partial charge is 0.275 e. The minimum Gasteiger partial charge on any atom is -0.489 e. The van der Waals surface area contributed by atoms with Gasteiger partial charge in [0.1, 0.15) is 6.54 Å². The Labute approximate surface area is 172 Å². The Morgan fingerprint density at radius 3 is 2.79 bits per heavy atom. The van der Waals surface area contributed by atoms with Crippen LogP contribution in [0.3, 0.4) is 0 Å². The number of aryl methyl sites for hydroxylation is 1. The number of aromatic nitrogens is 2. The van der Waals surface area contributed by atoms with Crippen molar-refractivity contribution in [1.82, 2.24) is 15.1 Å². The van der Waals surface area contributed by atoms with Crippen LogP contribution in [0, 0.1) is 6.92 Å². The molecule has 4 rings (SSSR count). The van der Waals surface area contributed by atoms with E-state index in [2.05, 4.69) is 10.4 Å². The molecule has 1 amide bonds. The number of rotatable bonds is 4. The highest BCUT2D eigenvalue weighted by Crippen LogP contribution is 2.37. The Bertz CT molecular complexity index is 1140. The third kappa shape index (κ3) is 4.05. The van der Waals surface area contributed by atoms with Crippen molar-refractivity contribution >= 4 is 28.3 Å². The maximum Gasteiger partial charge on any atom is 0.275 e. The SMILES string of the molecule is Cc1nn(CC(=O)NCc2cc(Cl)c3c(c2)OCCCO3)c(=O)c2ccccc12. The van der Waals surface area contributed by atoms with Gasteiger partial charge < -0.3 is 14.8 Å². The van der Waals surface area contributed by atoms with Crippen molar-refractivity contribution < 1.29 is 14.3 Å². The molecule has 0 aliphatic carbocycles. The van der Waals surface area contributed by atoms with Crippen molar-refractivity contribution in [2.45, 2.75) is 26.4 Å². The van der Waals surface area contributed by atoms with Crippen molar-refractivity contribution in [3.8, 4) is 11.5 Å². The topological polar surface area (TPSA) is 82.5 Å². The van der Waals surface area contributed by atoms with Gasteiger partial charge in [0.2, 0.25) is 5.91 Å². The molecule has 0 radical (unpaired) electrons. The molecular weight excluding hydrogens is 394 g/mol. The Hall–Kier alpha value is -3.06. The van der Waals surface area contributed by atoms with Crippen LogP contribution in [0.4, 0.5) is 0 Å². The van der Waals surface area contributed by atoms with Gasteiger partial charge in [0.25, 0.3) is 5.56 Å². The van der Waals surface area contributed by atoms with E-state index in [1.807, 2.05) is 19.1 Å². The third-order valence-corrected chi connectivity index (χ3v) is 4.98. The molecule has 1 aliphatic heterocycles. The second-order valence-electron chi connectivity index (χ2n) is 6.83. The Kier molecular flexibility index (Phi) is 5.40. The number of carbonyl (C=O) groups is 1. The van der Waals surface area contributed by atoms with Gasteiger partial charge in [-0.15, -0.1) is 0 Å². The van der Waals surface area contributed by atoms with Gasteiger partial charge in [-0.05, 0) is 30.7 Å². The third-order valence-electron chi connectivity index (χ3n) is 4.70. The predicted octanol–water partition coefficient (Wildman–Crippen LogP) is 2.84. The second-order valence-corrected chi connectivity index (χ2v) is 7.23. The van der Waals surface area contributed by atoms with E-state index in [9.17, 15) is 9.59 Å². The summed E-state index contributed by atoms with van der Waals surface area (Å²) in [5, 5.41) is 8.84. The monoisotopic (exact) mass is 413 g/mol. The molecule has 1 aliphatic rings. The van der Waals surface area contributed by atoms with Gasteiger partial charge in [-0.1, -0.05) is 29.8 Å². The van der Waals surface area contributed by atoms with Gasteiger partial charge in [-0.3, -0.25) is 9.59 Å². The van der Waals surface area contributed by atoms with Crippen LogP contribution in [0.25, 0.3) is 10.8 Å². The molecule has 0 spiro atoms. The van der Waals surface area contributed by atoms with Crippen LogP contribution in [0.2, 0.25) is 5.02 Å². The van der Waals surface area contributed by atoms with Crippen molar-refractivity contribution in [1.29, 1.82) is 0 Å². The first kappa shape index (κ1) is 19.3. The summed E-state index contributed by atoms with van der Waals surface area (Å²) in [6.45, 7) is 3.00. The second kappa shape index (κ2) is 8.13. The van der Waals surface area contributed by atoms with Gasteiger partial charge in [0, 0.05) is 18.4 Å². The van der Waals surface area contributed by atoms with Gasteiger partial charge in [-0.25, -0.2) is 4.68 Å². The summed E-state index contributed by atoms with van der Waals surface area (Å²) in [5.41, 5.74) is 1.19. The van der Waals surface area contributed by atoms with E-state index in [1.54, 1.807) is 24.3 Å². The number of hydrogen-bond donors (Lipinski definition) is 1. The number of amides is 1. The molecule has 1 N–H and O–H groups in total. The number of halogens is 1. The van der Waals surface area contributed by atoms with E-state index < -0.39 is 0 Å². The standard InChI is InChI=1S/C21H20ClN3O4/c1-13-15-5-2-3-6-16(15)21(27)25(24-13)12-19(26)23-11-14-9-17(22)20-18(10-14)28-7-4-8-29-20/h2-3,5-6,9-10H,4,7-8,11-12H2,1H3,(H,23,26). The molecule has 8 heteroatoms. The van der Waals surface area contributed by atoms with Crippen molar-refractivity contribution in [2.24, 2.45) is 0 Å². The van der Waals surface area contributed by atoms with Crippen LogP contribution in [0.5, 0.6) is 11.5 Å². The zero-order valence-electron chi connectivity index (χ0n) is 15.9. The lowest BCUT2D eigenvalue weighted by atomic mass is 10.1. The maximum absolute atomic E-state index is 12.6. The lowest BCUT2D eigenvalue weighted by Gasteiger charge is -2.13. The summed E-state index contributed by atoms with van der Waals surface area (Å²) >= 11 is 6.29. The molecule has 0 saturated carbocycles. The number of fused-ring (bicyclic) bond motifs is 2. The number of benzene rings is 2. The largest absolute Gasteiger partial charge is 0.489 e. The highest BCUT2D eigenvalue weighted by Gasteiger charge is 2.16. The fourth-order valence-corrected chi connectivity index (χ4v) is 3.58. The molecular formula is C21H20ClN3O4. The van der Waals surface area contributed by atoms with Gasteiger partial charge in [0.15, 0.2) is 11.5 Å². The van der Waals surface area contributed by atoms with Crippen molar-refractivity contribution in [2.75, 3.05) is 13.2 Å². The van der Waals surface area contributed by atoms with E-state index in [1.165, 1.54) is 4.68 Å². The van der Waals surface area contributed by atoms with E-state index in [0.29, 0.717) is 40.8 Å². The fourth-order valence-electron chi connectivity index (χ4n) is 3.29. The first-order valence-corrected chi connectivity index (χ1v) is 9.72. The molecule has 150 valence electrons. The first-order valence-electron chi connectivity index (χ1n) is 9.34. The minimum absolute atomic E-state index is 0.164. The van der Waals surface area contributed by atoms with E-state index in [-0.39, 0.29) is 24.6 Å². The summed E-state index contributed by atoms with van der Waals surface area (Å²) in [7, 11) is 0. The Morgan fingerprint density at radius 2 is 1.97 bits per heavy atom. The number of nitrogens with one attached hydrogen (secondary N) is 1. The summed E-state index contributed by atoms with van der Waals surface area (Å²) in [6.07, 6.45) is 0.782. The molecule has 29 heavy (non-hydrogen) atoms. The number of nitrogens with zero attached hydrogens (tertiary/aromatic N) is 2. The van der Waals surface area contributed by atoms with Crippen LogP contribution < -0.4 is 20.3 Å². The fraction of sp³-hybridized carbons (Fsp3) is 0.286. The summed E-state index contributed by atoms with van der Waals surface area (Å²) in [6, 6.07) is 10.8. The number of carbonyl (C=O) groups excluding carboxylic acids is 1. The van der Waals surface area contributed by atoms with Crippen LogP contribution in [0.1, 0.15) is 17.7 Å². The highest BCUT2D eigenvalue weighted by molar-refractivity contribution is 6.32. The average Bonchev–Trinajstić information content (AvgIpc) is 2.96. The number of ether oxygens (including phenoxy) is 2. The van der Waals surface area contributed by atoms with Crippen molar-refractivity contribution in [3.63, 3.8) is 0 Å². The maximum atomic E-state index is 12.6. The molecule has 3 aromatic rings. The van der Waals surface area contributed by atoms with Crippen molar-refractivity contribution in [3.05, 3.63) is 63.0 Å². The highest BCUT2D eigenvalue weighted by atomic mass is 35.5. The van der Waals surface area contributed by atoms with E-state index in [0.717, 1.165) is 17.4 Å². The molecule has 0 saturated heterocycles. The lowest BCUT2D eigenvalue weighted by Crippen LogP contribution is -2.33. The molecule has 0 bridgehead atoms. The zero-order valence-corrected chi connectivity index (χ0v) is 16.7. The van der Waals surface area contributed by atoms with Crippen LogP contribution in [-0.4, -0.2) is 28.9 Å². The quantitative estimate of drug-likeness (QED) is 0.711. The minimum atomic E-state index is -0.322. The van der Waals surface area contributed by atoms with E-state index in [4.69, 9.17) is 21.1 Å².